The highest BCUT2D eigenvalue weighted by molar-refractivity contribution is 6.05. The molecule has 26 heavy (non-hydrogen) atoms. The average Bonchev–Trinajstić information content (AvgIpc) is 2.86. The Balaban J connectivity index is 2.27. The second-order valence-electron chi connectivity index (χ2n) is 5.38. The smallest absolute Gasteiger partial charge is 0.355 e. The number of benzene rings is 1. The Morgan fingerprint density at radius 2 is 1.88 bits per heavy atom. The van der Waals surface area contributed by atoms with Crippen LogP contribution in [0.25, 0.3) is 11.0 Å². The minimum Gasteiger partial charge on any atom is -0.465 e. The maximum atomic E-state index is 14.7. The van der Waals surface area contributed by atoms with Gasteiger partial charge in [0, 0.05) is 17.7 Å². The maximum absolute atomic E-state index is 14.7. The number of halogens is 1. The van der Waals surface area contributed by atoms with E-state index in [-0.39, 0.29) is 22.5 Å². The number of fused-ring (bicyclic) bond motifs is 1. The van der Waals surface area contributed by atoms with Crippen LogP contribution in [0.5, 0.6) is 0 Å². The van der Waals surface area contributed by atoms with Crippen molar-refractivity contribution in [3.8, 4) is 0 Å². The molecule has 0 spiro atoms. The SMILES string of the molecule is COC(=O)C1=C(C(=O)OC)N(c2cc3c(C)noc3cc2F)C=CC=C1. The number of allylic oxidation sites excluding steroid dienone is 2. The molecule has 8 heteroatoms. The van der Waals surface area contributed by atoms with Crippen molar-refractivity contribution in [2.45, 2.75) is 6.92 Å². The van der Waals surface area contributed by atoms with Gasteiger partial charge in [0.2, 0.25) is 0 Å². The molecule has 0 aliphatic carbocycles. The van der Waals surface area contributed by atoms with Crippen LogP contribution in [-0.2, 0) is 19.1 Å². The second-order valence-corrected chi connectivity index (χ2v) is 5.38. The van der Waals surface area contributed by atoms with Gasteiger partial charge in [-0.15, -0.1) is 0 Å². The molecular weight excluding hydrogens is 343 g/mol. The fourth-order valence-electron chi connectivity index (χ4n) is 2.60. The first-order valence-electron chi connectivity index (χ1n) is 7.58. The summed E-state index contributed by atoms with van der Waals surface area (Å²) in [7, 11) is 2.36. The monoisotopic (exact) mass is 358 g/mol. The summed E-state index contributed by atoms with van der Waals surface area (Å²) in [5, 5.41) is 4.38. The van der Waals surface area contributed by atoms with Gasteiger partial charge in [-0.1, -0.05) is 11.2 Å². The predicted molar refractivity (Wildman–Crippen MR) is 90.5 cm³/mol. The van der Waals surface area contributed by atoms with E-state index in [1.54, 1.807) is 13.0 Å². The fraction of sp³-hybridized carbons (Fsp3) is 0.167. The molecule has 3 rings (SSSR count). The number of ether oxygens (including phenoxy) is 2. The van der Waals surface area contributed by atoms with Crippen molar-refractivity contribution in [3.63, 3.8) is 0 Å². The first-order valence-corrected chi connectivity index (χ1v) is 7.58. The summed E-state index contributed by atoms with van der Waals surface area (Å²) < 4.78 is 29.3. The van der Waals surface area contributed by atoms with Crippen molar-refractivity contribution in [2.75, 3.05) is 19.1 Å². The molecule has 1 aliphatic rings. The van der Waals surface area contributed by atoms with E-state index in [2.05, 4.69) is 5.16 Å². The number of carbonyl (C=O) groups excluding carboxylic acids is 2. The van der Waals surface area contributed by atoms with Crippen LogP contribution in [0.4, 0.5) is 10.1 Å². The average molecular weight is 358 g/mol. The van der Waals surface area contributed by atoms with Crippen molar-refractivity contribution >= 4 is 28.6 Å². The summed E-state index contributed by atoms with van der Waals surface area (Å²) in [5.74, 6) is -2.23. The number of carbonyl (C=O) groups is 2. The molecule has 1 aromatic heterocycles. The third-order valence-electron chi connectivity index (χ3n) is 3.87. The van der Waals surface area contributed by atoms with Gasteiger partial charge in [-0.2, -0.15) is 0 Å². The van der Waals surface area contributed by atoms with E-state index in [4.69, 9.17) is 14.0 Å². The molecule has 2 heterocycles. The molecule has 0 bridgehead atoms. The molecule has 0 fully saturated rings. The van der Waals surface area contributed by atoms with Crippen molar-refractivity contribution < 1.29 is 28.0 Å². The number of nitrogens with zero attached hydrogens (tertiary/aromatic N) is 2. The van der Waals surface area contributed by atoms with Crippen LogP contribution in [0.1, 0.15) is 5.69 Å². The Labute approximate surface area is 147 Å². The first-order chi connectivity index (χ1) is 12.5. The van der Waals surface area contributed by atoms with Gasteiger partial charge in [0.15, 0.2) is 11.4 Å². The van der Waals surface area contributed by atoms with Crippen LogP contribution in [-0.4, -0.2) is 31.3 Å². The molecule has 0 atom stereocenters. The molecule has 134 valence electrons. The largest absolute Gasteiger partial charge is 0.465 e. The van der Waals surface area contributed by atoms with Crippen molar-refractivity contribution in [1.82, 2.24) is 5.16 Å². The maximum Gasteiger partial charge on any atom is 0.355 e. The van der Waals surface area contributed by atoms with Crippen molar-refractivity contribution in [3.05, 3.63) is 59.3 Å². The summed E-state index contributed by atoms with van der Waals surface area (Å²) in [4.78, 5) is 25.7. The molecule has 0 amide bonds. The number of aryl methyl sites for hydroxylation is 1. The molecule has 0 saturated heterocycles. The Morgan fingerprint density at radius 3 is 2.58 bits per heavy atom. The molecular formula is C18H15FN2O5. The predicted octanol–water partition coefficient (Wildman–Crippen LogP) is 2.77. The van der Waals surface area contributed by atoms with E-state index < -0.39 is 17.8 Å². The van der Waals surface area contributed by atoms with Gasteiger partial charge in [-0.25, -0.2) is 14.0 Å². The first kappa shape index (κ1) is 17.4. The minimum atomic E-state index is -0.817. The highest BCUT2D eigenvalue weighted by Gasteiger charge is 2.29. The quantitative estimate of drug-likeness (QED) is 0.780. The van der Waals surface area contributed by atoms with E-state index in [1.807, 2.05) is 0 Å². The van der Waals surface area contributed by atoms with Crippen molar-refractivity contribution in [1.29, 1.82) is 0 Å². The summed E-state index contributed by atoms with van der Waals surface area (Å²) in [6.07, 6.45) is 5.95. The molecule has 1 aliphatic heterocycles. The van der Waals surface area contributed by atoms with Crippen LogP contribution < -0.4 is 4.90 Å². The number of hydrogen-bond acceptors (Lipinski definition) is 7. The Bertz CT molecular complexity index is 987. The van der Waals surface area contributed by atoms with Gasteiger partial charge in [0.05, 0.1) is 31.2 Å². The molecule has 0 unspecified atom stereocenters. The van der Waals surface area contributed by atoms with Gasteiger partial charge >= 0.3 is 11.9 Å². The van der Waals surface area contributed by atoms with Gasteiger partial charge in [-0.05, 0) is 25.1 Å². The number of esters is 2. The van der Waals surface area contributed by atoms with Crippen LogP contribution in [0.3, 0.4) is 0 Å². The Morgan fingerprint density at radius 1 is 1.15 bits per heavy atom. The lowest BCUT2D eigenvalue weighted by molar-refractivity contribution is -0.139. The molecule has 1 aromatic carbocycles. The normalized spacial score (nSPS) is 13.9. The zero-order chi connectivity index (χ0) is 18.8. The van der Waals surface area contributed by atoms with E-state index in [1.165, 1.54) is 49.6 Å². The van der Waals surface area contributed by atoms with E-state index in [9.17, 15) is 14.0 Å². The summed E-state index contributed by atoms with van der Waals surface area (Å²) >= 11 is 0. The van der Waals surface area contributed by atoms with Gasteiger partial charge in [0.25, 0.3) is 0 Å². The number of rotatable bonds is 3. The lowest BCUT2D eigenvalue weighted by Gasteiger charge is -2.23. The topological polar surface area (TPSA) is 81.9 Å². The molecule has 0 saturated carbocycles. The second kappa shape index (κ2) is 6.83. The minimum absolute atomic E-state index is 0.0329. The highest BCUT2D eigenvalue weighted by Crippen LogP contribution is 2.32. The zero-order valence-electron chi connectivity index (χ0n) is 14.3. The van der Waals surface area contributed by atoms with Crippen LogP contribution in [0.15, 0.2) is 52.4 Å². The zero-order valence-corrected chi connectivity index (χ0v) is 14.3. The van der Waals surface area contributed by atoms with Crippen molar-refractivity contribution in [2.24, 2.45) is 0 Å². The third-order valence-corrected chi connectivity index (χ3v) is 3.87. The highest BCUT2D eigenvalue weighted by atomic mass is 19.1. The Kier molecular flexibility index (Phi) is 4.57. The number of methoxy groups -OCH3 is 2. The molecule has 2 aromatic rings. The summed E-state index contributed by atoms with van der Waals surface area (Å²) in [6.45, 7) is 1.71. The summed E-state index contributed by atoms with van der Waals surface area (Å²) in [5.41, 5.74) is 0.639. The number of aromatic nitrogens is 1. The lowest BCUT2D eigenvalue weighted by atomic mass is 10.1. The standard InChI is InChI=1S/C18H15FN2O5/c1-10-12-8-14(13(19)9-15(12)26-20-10)21-7-5-4-6-11(17(22)24-2)16(21)18(23)25-3/h4-9H,1-3H3. The lowest BCUT2D eigenvalue weighted by Crippen LogP contribution is -2.27. The molecule has 0 radical (unpaired) electrons. The van der Waals surface area contributed by atoms with Crippen LogP contribution in [0, 0.1) is 12.7 Å². The number of hydrogen-bond donors (Lipinski definition) is 0. The van der Waals surface area contributed by atoms with E-state index >= 15 is 0 Å². The summed E-state index contributed by atoms with van der Waals surface area (Å²) in [6, 6.07) is 2.66. The van der Waals surface area contributed by atoms with Crippen LogP contribution >= 0.6 is 0 Å². The Hall–Kier alpha value is -3.42. The van der Waals surface area contributed by atoms with E-state index in [0.717, 1.165) is 0 Å². The van der Waals surface area contributed by atoms with Gasteiger partial charge < -0.3 is 18.9 Å². The van der Waals surface area contributed by atoms with Gasteiger partial charge in [-0.3, -0.25) is 0 Å². The van der Waals surface area contributed by atoms with E-state index in [0.29, 0.717) is 11.1 Å². The third kappa shape index (κ3) is 2.85. The van der Waals surface area contributed by atoms with Gasteiger partial charge in [0.1, 0.15) is 5.70 Å². The fourth-order valence-corrected chi connectivity index (χ4v) is 2.60. The molecule has 7 nitrogen and oxygen atoms in total. The molecule has 0 N–H and O–H groups in total. The van der Waals surface area contributed by atoms with Crippen LogP contribution in [0.2, 0.25) is 0 Å². The number of anilines is 1.